The van der Waals surface area contributed by atoms with Crippen molar-refractivity contribution in [3.63, 3.8) is 0 Å². The van der Waals surface area contributed by atoms with E-state index in [2.05, 4.69) is 25.4 Å². The summed E-state index contributed by atoms with van der Waals surface area (Å²) in [5.74, 6) is -0.0170. The van der Waals surface area contributed by atoms with Gasteiger partial charge in [-0.2, -0.15) is 4.98 Å². The van der Waals surface area contributed by atoms with E-state index in [-0.39, 0.29) is 22.8 Å². The van der Waals surface area contributed by atoms with Crippen LogP contribution in [0, 0.1) is 5.82 Å². The monoisotopic (exact) mass is 438 g/mol. The smallest absolute Gasteiger partial charge is 0.322 e. The highest BCUT2D eigenvalue weighted by Crippen LogP contribution is 2.33. The highest BCUT2D eigenvalue weighted by atomic mass is 35.5. The van der Waals surface area contributed by atoms with E-state index in [1.807, 2.05) is 30.3 Å². The maximum Gasteiger partial charge on any atom is 0.322 e. The zero-order valence-electron chi connectivity index (χ0n) is 16.0. The maximum atomic E-state index is 13.5. The third-order valence-electron chi connectivity index (χ3n) is 5.09. The van der Waals surface area contributed by atoms with Crippen LogP contribution in [0.2, 0.25) is 5.02 Å². The minimum Gasteiger partial charge on any atom is -0.347 e. The lowest BCUT2D eigenvalue weighted by molar-refractivity contribution is 0.155. The Labute approximate surface area is 181 Å². The number of amides is 2. The van der Waals surface area contributed by atoms with Gasteiger partial charge in [-0.15, -0.1) is 0 Å². The van der Waals surface area contributed by atoms with Crippen molar-refractivity contribution in [3.05, 3.63) is 83.0 Å². The maximum absolute atomic E-state index is 13.5. The molecule has 3 heterocycles. The van der Waals surface area contributed by atoms with E-state index in [0.717, 1.165) is 11.4 Å². The van der Waals surface area contributed by atoms with Crippen LogP contribution in [0.25, 0.3) is 11.4 Å². The number of hydrogen-bond donors (Lipinski definition) is 2. The lowest BCUT2D eigenvalue weighted by Gasteiger charge is -2.32. The molecule has 2 N–H and O–H groups in total. The first-order valence-electron chi connectivity index (χ1n) is 9.51. The summed E-state index contributed by atoms with van der Waals surface area (Å²) >= 11 is 5.87. The van der Waals surface area contributed by atoms with Gasteiger partial charge in [-0.25, -0.2) is 14.2 Å². The summed E-state index contributed by atoms with van der Waals surface area (Å²) in [6.07, 6.45) is 2.01. The molecule has 1 aliphatic rings. The Morgan fingerprint density at radius 2 is 2.10 bits per heavy atom. The third-order valence-corrected chi connectivity index (χ3v) is 5.38. The Hall–Kier alpha value is -3.72. The number of nitrogens with zero attached hydrogens (tertiary/aromatic N) is 4. The number of halogens is 2. The number of urea groups is 1. The molecule has 5 rings (SSSR count). The van der Waals surface area contributed by atoms with Crippen LogP contribution in [0.1, 0.15) is 23.3 Å². The summed E-state index contributed by atoms with van der Waals surface area (Å²) in [5.41, 5.74) is 2.87. The minimum absolute atomic E-state index is 0.0356. The molecule has 2 aromatic heterocycles. The first-order valence-corrected chi connectivity index (χ1v) is 9.89. The molecule has 0 saturated carbocycles. The van der Waals surface area contributed by atoms with Crippen molar-refractivity contribution < 1.29 is 13.7 Å². The lowest BCUT2D eigenvalue weighted by atomic mass is 10.0. The number of fused-ring (bicyclic) bond motifs is 1. The number of aromatic amines is 1. The number of aromatic nitrogens is 4. The molecular weight excluding hydrogens is 423 g/mol. The van der Waals surface area contributed by atoms with Crippen LogP contribution in [0.5, 0.6) is 0 Å². The molecule has 4 aromatic rings. The summed E-state index contributed by atoms with van der Waals surface area (Å²) in [6.45, 7) is 0.304. The summed E-state index contributed by atoms with van der Waals surface area (Å²) in [6, 6.07) is 12.5. The molecule has 156 valence electrons. The van der Waals surface area contributed by atoms with Crippen molar-refractivity contribution in [1.82, 2.24) is 25.0 Å². The Morgan fingerprint density at radius 3 is 2.90 bits per heavy atom. The van der Waals surface area contributed by atoms with Gasteiger partial charge in [0, 0.05) is 17.7 Å². The molecule has 0 saturated heterocycles. The number of imidazole rings is 1. The van der Waals surface area contributed by atoms with Gasteiger partial charge in [0.1, 0.15) is 11.9 Å². The van der Waals surface area contributed by atoms with E-state index in [1.54, 1.807) is 11.2 Å². The molecule has 1 aliphatic heterocycles. The van der Waals surface area contributed by atoms with Crippen molar-refractivity contribution in [3.8, 4) is 11.4 Å². The molecule has 0 aliphatic carbocycles. The Balaban J connectivity index is 1.46. The first kappa shape index (κ1) is 19.3. The topological polar surface area (TPSA) is 99.9 Å². The second-order valence-electron chi connectivity index (χ2n) is 7.06. The minimum atomic E-state index is -0.531. The number of benzene rings is 2. The van der Waals surface area contributed by atoms with Gasteiger partial charge in [-0.1, -0.05) is 35.0 Å². The van der Waals surface area contributed by atoms with Crippen molar-refractivity contribution in [1.29, 1.82) is 0 Å². The SMILES string of the molecule is O=C(Nc1ccccc1)N1Cc2[nH]cnc2C[C@H]1c1nc(-c2ccc(F)c(Cl)c2)no1. The molecule has 1 atom stereocenters. The van der Waals surface area contributed by atoms with Gasteiger partial charge in [0.2, 0.25) is 11.7 Å². The Kier molecular flexibility index (Phi) is 4.87. The van der Waals surface area contributed by atoms with E-state index in [1.165, 1.54) is 18.2 Å². The number of carbonyl (C=O) groups is 1. The Morgan fingerprint density at radius 1 is 1.26 bits per heavy atom. The quantitative estimate of drug-likeness (QED) is 0.487. The molecular formula is C21H16ClFN6O2. The van der Waals surface area contributed by atoms with Crippen molar-refractivity contribution >= 4 is 23.3 Å². The van der Waals surface area contributed by atoms with Gasteiger partial charge in [0.15, 0.2) is 0 Å². The fourth-order valence-corrected chi connectivity index (χ4v) is 3.69. The molecule has 0 radical (unpaired) electrons. The molecule has 0 bridgehead atoms. The second-order valence-corrected chi connectivity index (χ2v) is 7.46. The number of para-hydroxylation sites is 1. The highest BCUT2D eigenvalue weighted by Gasteiger charge is 2.36. The van der Waals surface area contributed by atoms with E-state index >= 15 is 0 Å². The molecule has 10 heteroatoms. The molecule has 0 unspecified atom stereocenters. The van der Waals surface area contributed by atoms with Gasteiger partial charge in [0.25, 0.3) is 0 Å². The third kappa shape index (κ3) is 3.75. The second kappa shape index (κ2) is 7.84. The fourth-order valence-electron chi connectivity index (χ4n) is 3.51. The number of hydrogen-bond acceptors (Lipinski definition) is 5. The molecule has 0 fully saturated rings. The van der Waals surface area contributed by atoms with E-state index in [4.69, 9.17) is 16.1 Å². The first-order chi connectivity index (χ1) is 15.1. The molecule has 8 nitrogen and oxygen atoms in total. The van der Waals surface area contributed by atoms with Gasteiger partial charge in [0.05, 0.1) is 29.3 Å². The fraction of sp³-hybridized carbons (Fsp3) is 0.143. The van der Waals surface area contributed by atoms with Gasteiger partial charge in [-0.3, -0.25) is 0 Å². The number of H-pyrrole nitrogens is 1. The number of anilines is 1. The average molecular weight is 439 g/mol. The summed E-state index contributed by atoms with van der Waals surface area (Å²) in [7, 11) is 0. The summed E-state index contributed by atoms with van der Waals surface area (Å²) < 4.78 is 19.0. The van der Waals surface area contributed by atoms with Crippen LogP contribution < -0.4 is 5.32 Å². The molecule has 2 aromatic carbocycles. The van der Waals surface area contributed by atoms with Crippen molar-refractivity contribution in [2.75, 3.05) is 5.32 Å². The average Bonchev–Trinajstić information content (AvgIpc) is 3.44. The van der Waals surface area contributed by atoms with Crippen molar-refractivity contribution in [2.24, 2.45) is 0 Å². The number of carbonyl (C=O) groups excluding carboxylic acids is 1. The van der Waals surface area contributed by atoms with Gasteiger partial charge in [-0.05, 0) is 30.3 Å². The normalized spacial score (nSPS) is 15.5. The standard InChI is InChI=1S/C21H16ClFN6O2/c22-14-8-12(6-7-15(14)23)19-27-20(31-28-19)18-9-16-17(25-11-24-16)10-29(18)21(30)26-13-4-2-1-3-5-13/h1-8,11,18H,9-10H2,(H,24,25)(H,26,30)/t18-/m0/s1. The van der Waals surface area contributed by atoms with Gasteiger partial charge >= 0.3 is 6.03 Å². The highest BCUT2D eigenvalue weighted by molar-refractivity contribution is 6.31. The predicted molar refractivity (Wildman–Crippen MR) is 111 cm³/mol. The van der Waals surface area contributed by atoms with Crippen LogP contribution in [-0.4, -0.2) is 31.0 Å². The van der Waals surface area contributed by atoms with E-state index in [0.29, 0.717) is 24.2 Å². The Bertz CT molecular complexity index is 1240. The molecule has 2 amide bonds. The number of rotatable bonds is 3. The van der Waals surface area contributed by atoms with Crippen LogP contribution in [0.4, 0.5) is 14.9 Å². The van der Waals surface area contributed by atoms with Gasteiger partial charge < -0.3 is 19.7 Å². The van der Waals surface area contributed by atoms with Crippen LogP contribution in [0.3, 0.4) is 0 Å². The van der Waals surface area contributed by atoms with Crippen LogP contribution in [0.15, 0.2) is 59.4 Å². The summed E-state index contributed by atoms with van der Waals surface area (Å²) in [4.78, 5) is 26.5. The summed E-state index contributed by atoms with van der Waals surface area (Å²) in [5, 5.41) is 6.85. The zero-order chi connectivity index (χ0) is 21.4. The zero-order valence-corrected chi connectivity index (χ0v) is 16.8. The molecule has 31 heavy (non-hydrogen) atoms. The van der Waals surface area contributed by atoms with Crippen molar-refractivity contribution in [2.45, 2.75) is 19.0 Å². The van der Waals surface area contributed by atoms with Crippen LogP contribution >= 0.6 is 11.6 Å². The number of nitrogens with one attached hydrogen (secondary N) is 2. The molecule has 0 spiro atoms. The van der Waals surface area contributed by atoms with Crippen LogP contribution in [-0.2, 0) is 13.0 Å². The van der Waals surface area contributed by atoms with E-state index in [9.17, 15) is 9.18 Å². The van der Waals surface area contributed by atoms with E-state index < -0.39 is 11.9 Å². The largest absolute Gasteiger partial charge is 0.347 e. The lowest BCUT2D eigenvalue weighted by Crippen LogP contribution is -2.41. The predicted octanol–water partition coefficient (Wildman–Crippen LogP) is 4.58.